The number of carbonyl (C=O) groups excluding carboxylic acids is 1. The number of benzene rings is 1. The Morgan fingerprint density at radius 1 is 1.16 bits per heavy atom. The molecule has 1 fully saturated rings. The summed E-state index contributed by atoms with van der Waals surface area (Å²) in [6.07, 6.45) is 6.94. The van der Waals surface area contributed by atoms with E-state index < -0.39 is 5.82 Å². The number of aromatic nitrogens is 5. The van der Waals surface area contributed by atoms with Crippen LogP contribution in [0.2, 0.25) is 0 Å². The minimum atomic E-state index is -0.398. The molecule has 3 aromatic rings. The third-order valence-corrected chi connectivity index (χ3v) is 6.33. The molecule has 2 N–H and O–H groups in total. The summed E-state index contributed by atoms with van der Waals surface area (Å²) < 4.78 is 20.6. The van der Waals surface area contributed by atoms with E-state index in [0.717, 1.165) is 25.7 Å². The number of ether oxygens (including phenoxy) is 1. The minimum absolute atomic E-state index is 0.105. The number of fused-ring (bicyclic) bond motifs is 1. The average molecular weight is 437 g/mol. The van der Waals surface area contributed by atoms with E-state index >= 15 is 4.39 Å². The fourth-order valence-corrected chi connectivity index (χ4v) is 4.57. The Morgan fingerprint density at radius 3 is 2.66 bits per heavy atom. The Balaban J connectivity index is 1.50. The highest BCUT2D eigenvalue weighted by molar-refractivity contribution is 5.99. The Morgan fingerprint density at radius 2 is 1.94 bits per heavy atom. The highest BCUT2D eigenvalue weighted by atomic mass is 19.1. The van der Waals surface area contributed by atoms with E-state index in [1.165, 1.54) is 6.33 Å². The molecule has 1 aliphatic heterocycles. The molecule has 1 aliphatic carbocycles. The van der Waals surface area contributed by atoms with Crippen molar-refractivity contribution < 1.29 is 13.9 Å². The van der Waals surface area contributed by atoms with Gasteiger partial charge in [0.1, 0.15) is 12.1 Å². The molecule has 1 saturated carbocycles. The van der Waals surface area contributed by atoms with Crippen molar-refractivity contribution in [2.45, 2.75) is 44.8 Å². The van der Waals surface area contributed by atoms with Crippen molar-refractivity contribution in [3.05, 3.63) is 36.0 Å². The Labute approximate surface area is 184 Å². The second kappa shape index (κ2) is 8.27. The number of halogens is 1. The number of H-pyrrole nitrogens is 1. The molecule has 0 atom stereocenters. The summed E-state index contributed by atoms with van der Waals surface area (Å²) >= 11 is 0. The second-order valence-corrected chi connectivity index (χ2v) is 8.19. The molecule has 2 aliphatic rings. The molecule has 2 aromatic heterocycles. The lowest BCUT2D eigenvalue weighted by Gasteiger charge is -2.39. The van der Waals surface area contributed by atoms with Crippen LogP contribution in [0.5, 0.6) is 0 Å². The molecular weight excluding hydrogens is 413 g/mol. The van der Waals surface area contributed by atoms with Gasteiger partial charge in [0.05, 0.1) is 30.1 Å². The van der Waals surface area contributed by atoms with E-state index in [2.05, 4.69) is 25.5 Å². The van der Waals surface area contributed by atoms with Crippen molar-refractivity contribution >= 4 is 17.5 Å². The first-order chi connectivity index (χ1) is 15.5. The number of nitrogens with one attached hydrogen (secondary N) is 2. The number of rotatable bonds is 4. The second-order valence-electron chi connectivity index (χ2n) is 8.19. The van der Waals surface area contributed by atoms with E-state index in [-0.39, 0.29) is 24.6 Å². The van der Waals surface area contributed by atoms with Crippen LogP contribution in [0.3, 0.4) is 0 Å². The molecule has 0 spiro atoms. The highest BCUT2D eigenvalue weighted by Crippen LogP contribution is 2.36. The smallest absolute Gasteiger partial charge is 0.245 e. The number of anilines is 2. The monoisotopic (exact) mass is 437 g/mol. The van der Waals surface area contributed by atoms with Gasteiger partial charge in [-0.2, -0.15) is 5.10 Å². The van der Waals surface area contributed by atoms with Gasteiger partial charge in [0.15, 0.2) is 17.5 Å². The number of hydrogen-bond acceptors (Lipinski definition) is 7. The number of methoxy groups -OCH3 is 1. The molecule has 0 saturated heterocycles. The SMILES string of the molecule is CO[C@H]1CC[C@@H](N2CC(=O)Nc3ncc(-c4ccc(-c5nc[nH]n5)c(F)c4C)nc32)CC1. The zero-order valence-corrected chi connectivity index (χ0v) is 17.9. The molecule has 166 valence electrons. The van der Waals surface area contributed by atoms with Gasteiger partial charge in [-0.25, -0.2) is 19.3 Å². The fourth-order valence-electron chi connectivity index (χ4n) is 4.57. The normalized spacial score (nSPS) is 20.7. The van der Waals surface area contributed by atoms with Crippen molar-refractivity contribution in [1.29, 1.82) is 0 Å². The molecule has 10 heteroatoms. The number of nitrogens with zero attached hydrogens (tertiary/aromatic N) is 5. The van der Waals surface area contributed by atoms with Crippen LogP contribution in [0.4, 0.5) is 16.0 Å². The van der Waals surface area contributed by atoms with Crippen LogP contribution in [-0.2, 0) is 9.53 Å². The first kappa shape index (κ1) is 20.5. The van der Waals surface area contributed by atoms with E-state index in [9.17, 15) is 4.79 Å². The Hall–Kier alpha value is -3.40. The molecule has 32 heavy (non-hydrogen) atoms. The van der Waals surface area contributed by atoms with Crippen molar-refractivity contribution in [1.82, 2.24) is 25.1 Å². The summed E-state index contributed by atoms with van der Waals surface area (Å²) in [4.78, 5) is 27.6. The van der Waals surface area contributed by atoms with E-state index in [4.69, 9.17) is 9.72 Å². The van der Waals surface area contributed by atoms with Gasteiger partial charge >= 0.3 is 0 Å². The van der Waals surface area contributed by atoms with Gasteiger partial charge in [-0.1, -0.05) is 6.07 Å². The first-order valence-corrected chi connectivity index (χ1v) is 10.7. The van der Waals surface area contributed by atoms with Gasteiger partial charge in [0, 0.05) is 18.7 Å². The molecule has 0 radical (unpaired) electrons. The maximum atomic E-state index is 15.1. The predicted molar refractivity (Wildman–Crippen MR) is 117 cm³/mol. The van der Waals surface area contributed by atoms with Crippen molar-refractivity contribution in [3.8, 4) is 22.6 Å². The average Bonchev–Trinajstić information content (AvgIpc) is 3.35. The van der Waals surface area contributed by atoms with Crippen LogP contribution in [0.1, 0.15) is 31.2 Å². The number of aromatic amines is 1. The Bertz CT molecular complexity index is 1140. The van der Waals surface area contributed by atoms with Crippen molar-refractivity contribution in [3.63, 3.8) is 0 Å². The van der Waals surface area contributed by atoms with Crippen LogP contribution in [0.25, 0.3) is 22.6 Å². The largest absolute Gasteiger partial charge is 0.381 e. The van der Waals surface area contributed by atoms with Crippen LogP contribution in [-0.4, -0.2) is 56.9 Å². The number of hydrogen-bond donors (Lipinski definition) is 2. The zero-order valence-electron chi connectivity index (χ0n) is 17.9. The van der Waals surface area contributed by atoms with Crippen molar-refractivity contribution in [2.75, 3.05) is 23.9 Å². The fraction of sp³-hybridized carbons (Fsp3) is 0.409. The third-order valence-electron chi connectivity index (χ3n) is 6.33. The van der Waals surface area contributed by atoms with E-state index in [0.29, 0.717) is 39.8 Å². The van der Waals surface area contributed by atoms with Gasteiger partial charge in [0.2, 0.25) is 5.91 Å². The standard InChI is InChI=1S/C22H24FN7O2/c1-12-15(7-8-16(19(12)23)20-25-11-26-29-20)17-9-24-21-22(27-17)30(10-18(31)28-21)13-3-5-14(32-2)6-4-13/h7-9,11,13-14H,3-6,10H2,1-2H3,(H,24,28,31)(H,25,26,29)/t13-,14+. The predicted octanol–water partition coefficient (Wildman–Crippen LogP) is 3.09. The van der Waals surface area contributed by atoms with Gasteiger partial charge in [-0.15, -0.1) is 0 Å². The topological polar surface area (TPSA) is 109 Å². The lowest BCUT2D eigenvalue weighted by Crippen LogP contribution is -2.47. The van der Waals surface area contributed by atoms with E-state index in [1.54, 1.807) is 32.4 Å². The zero-order chi connectivity index (χ0) is 22.2. The number of amides is 1. The molecule has 1 aromatic carbocycles. The van der Waals surface area contributed by atoms with Gasteiger partial charge in [0.25, 0.3) is 0 Å². The molecule has 5 rings (SSSR count). The summed E-state index contributed by atoms with van der Waals surface area (Å²) in [5.74, 6) is 0.862. The van der Waals surface area contributed by atoms with Crippen LogP contribution in [0, 0.1) is 12.7 Å². The molecule has 1 amide bonds. The maximum absolute atomic E-state index is 15.1. The lowest BCUT2D eigenvalue weighted by molar-refractivity contribution is -0.115. The number of carbonyl (C=O) groups is 1. The molecular formula is C22H24FN7O2. The Kier molecular flexibility index (Phi) is 5.30. The molecule has 0 bridgehead atoms. The first-order valence-electron chi connectivity index (χ1n) is 10.7. The summed E-state index contributed by atoms with van der Waals surface area (Å²) in [6.45, 7) is 1.93. The molecule has 3 heterocycles. The van der Waals surface area contributed by atoms with Gasteiger partial charge in [-0.3, -0.25) is 9.89 Å². The molecule has 0 unspecified atom stereocenters. The maximum Gasteiger partial charge on any atom is 0.245 e. The lowest BCUT2D eigenvalue weighted by atomic mass is 9.91. The summed E-state index contributed by atoms with van der Waals surface area (Å²) in [6, 6.07) is 3.63. The minimum Gasteiger partial charge on any atom is -0.381 e. The summed E-state index contributed by atoms with van der Waals surface area (Å²) in [7, 11) is 1.74. The molecule has 9 nitrogen and oxygen atoms in total. The quantitative estimate of drug-likeness (QED) is 0.646. The van der Waals surface area contributed by atoms with E-state index in [1.807, 2.05) is 4.90 Å². The summed E-state index contributed by atoms with van der Waals surface area (Å²) in [5.41, 5.74) is 1.95. The van der Waals surface area contributed by atoms with Crippen LogP contribution >= 0.6 is 0 Å². The van der Waals surface area contributed by atoms with Crippen molar-refractivity contribution in [2.24, 2.45) is 0 Å². The van der Waals surface area contributed by atoms with Crippen LogP contribution in [0.15, 0.2) is 24.7 Å². The van der Waals surface area contributed by atoms with Gasteiger partial charge in [-0.05, 0) is 44.2 Å². The summed E-state index contributed by atoms with van der Waals surface area (Å²) in [5, 5.41) is 9.38. The van der Waals surface area contributed by atoms with Crippen LogP contribution < -0.4 is 10.2 Å². The van der Waals surface area contributed by atoms with Gasteiger partial charge < -0.3 is 15.0 Å². The highest BCUT2D eigenvalue weighted by Gasteiger charge is 2.33. The third kappa shape index (κ3) is 3.60.